The van der Waals surface area contributed by atoms with Crippen molar-refractivity contribution in [2.75, 3.05) is 0 Å². The summed E-state index contributed by atoms with van der Waals surface area (Å²) in [4.78, 5) is 29.1. The van der Waals surface area contributed by atoms with Crippen LogP contribution in [0.25, 0.3) is 22.0 Å². The van der Waals surface area contributed by atoms with E-state index in [9.17, 15) is 9.59 Å². The summed E-state index contributed by atoms with van der Waals surface area (Å²) in [5.74, 6) is -0.260. The third kappa shape index (κ3) is 3.84. The number of aromatic nitrogens is 3. The first-order valence-corrected chi connectivity index (χ1v) is 9.71. The molecule has 0 unspecified atom stereocenters. The maximum atomic E-state index is 12.4. The van der Waals surface area contributed by atoms with Crippen LogP contribution in [-0.2, 0) is 17.9 Å². The Morgan fingerprint density at radius 2 is 1.93 bits per heavy atom. The highest BCUT2D eigenvalue weighted by Gasteiger charge is 2.08. The lowest BCUT2D eigenvalue weighted by Gasteiger charge is -2.08. The first-order chi connectivity index (χ1) is 13.6. The second-order valence-corrected chi connectivity index (χ2v) is 7.48. The van der Waals surface area contributed by atoms with Crippen LogP contribution in [-0.4, -0.2) is 20.7 Å². The molecular weight excluding hydrogens is 372 g/mol. The van der Waals surface area contributed by atoms with E-state index in [1.165, 1.54) is 4.68 Å². The van der Waals surface area contributed by atoms with E-state index in [0.29, 0.717) is 11.9 Å². The first-order valence-electron chi connectivity index (χ1n) is 8.83. The highest BCUT2D eigenvalue weighted by Crippen LogP contribution is 2.21. The van der Waals surface area contributed by atoms with Crippen LogP contribution in [0.2, 0.25) is 0 Å². The van der Waals surface area contributed by atoms with Gasteiger partial charge in [0.05, 0.1) is 22.3 Å². The molecule has 2 aromatic heterocycles. The van der Waals surface area contributed by atoms with Gasteiger partial charge in [-0.25, -0.2) is 9.67 Å². The van der Waals surface area contributed by atoms with Crippen LogP contribution in [0, 0.1) is 6.92 Å². The molecule has 0 saturated carbocycles. The second-order valence-electron chi connectivity index (χ2n) is 6.42. The number of hydrogen-bond donors (Lipinski definition) is 1. The summed E-state index contributed by atoms with van der Waals surface area (Å²) >= 11 is 1.62. The predicted octanol–water partition coefficient (Wildman–Crippen LogP) is 3.14. The highest BCUT2D eigenvalue weighted by molar-refractivity contribution is 7.09. The van der Waals surface area contributed by atoms with E-state index in [1.807, 2.05) is 48.7 Å². The number of carbonyl (C=O) groups is 1. The summed E-state index contributed by atoms with van der Waals surface area (Å²) in [7, 11) is 0. The van der Waals surface area contributed by atoms with E-state index in [-0.39, 0.29) is 18.0 Å². The van der Waals surface area contributed by atoms with Crippen LogP contribution < -0.4 is 10.9 Å². The molecule has 140 valence electrons. The summed E-state index contributed by atoms with van der Waals surface area (Å²) in [5.41, 5.74) is 2.71. The molecule has 1 N–H and O–H groups in total. The van der Waals surface area contributed by atoms with Gasteiger partial charge in [0, 0.05) is 22.9 Å². The molecule has 7 heteroatoms. The van der Waals surface area contributed by atoms with Crippen molar-refractivity contribution in [1.82, 2.24) is 20.1 Å². The Balaban J connectivity index is 1.39. The average Bonchev–Trinajstić information content (AvgIpc) is 3.15. The van der Waals surface area contributed by atoms with Gasteiger partial charge in [0.15, 0.2) is 0 Å². The molecule has 0 spiro atoms. The average molecular weight is 390 g/mol. The van der Waals surface area contributed by atoms with Gasteiger partial charge in [-0.3, -0.25) is 9.59 Å². The number of carbonyl (C=O) groups excluding carboxylic acids is 1. The monoisotopic (exact) mass is 390 g/mol. The molecule has 0 fully saturated rings. The van der Waals surface area contributed by atoms with Crippen LogP contribution >= 0.6 is 11.3 Å². The largest absolute Gasteiger partial charge is 0.350 e. The van der Waals surface area contributed by atoms with Crippen molar-refractivity contribution in [2.24, 2.45) is 0 Å². The topological polar surface area (TPSA) is 76.9 Å². The predicted molar refractivity (Wildman–Crippen MR) is 110 cm³/mol. The number of amides is 1. The van der Waals surface area contributed by atoms with Crippen molar-refractivity contribution in [3.63, 3.8) is 0 Å². The van der Waals surface area contributed by atoms with Crippen molar-refractivity contribution in [2.45, 2.75) is 20.0 Å². The third-order valence-electron chi connectivity index (χ3n) is 4.41. The lowest BCUT2D eigenvalue weighted by Crippen LogP contribution is -2.33. The van der Waals surface area contributed by atoms with Gasteiger partial charge >= 0.3 is 0 Å². The quantitative estimate of drug-likeness (QED) is 0.568. The number of hydrogen-bond acceptors (Lipinski definition) is 5. The molecule has 0 atom stereocenters. The fraction of sp³-hybridized carbons (Fsp3) is 0.143. The molecule has 2 heterocycles. The molecule has 0 saturated heterocycles. The van der Waals surface area contributed by atoms with Crippen LogP contribution in [0.15, 0.2) is 64.9 Å². The molecule has 1 amide bonds. The molecule has 4 rings (SSSR count). The Bertz CT molecular complexity index is 1190. The van der Waals surface area contributed by atoms with Crippen LogP contribution in [0.3, 0.4) is 0 Å². The smallest absolute Gasteiger partial charge is 0.275 e. The molecule has 6 nitrogen and oxygen atoms in total. The molecule has 0 aliphatic rings. The number of aryl methyl sites for hydroxylation is 1. The first kappa shape index (κ1) is 18.1. The van der Waals surface area contributed by atoms with E-state index in [4.69, 9.17) is 0 Å². The van der Waals surface area contributed by atoms with Crippen molar-refractivity contribution in [1.29, 1.82) is 0 Å². The number of thiazole rings is 1. The fourth-order valence-electron chi connectivity index (χ4n) is 2.92. The SMILES string of the molecule is Cc1nc(-c2ccc(CNC(=O)Cn3ncc4ccccc4c3=O)cc2)cs1. The molecule has 0 aliphatic carbocycles. The molecule has 4 aromatic rings. The Hall–Kier alpha value is -3.32. The minimum atomic E-state index is -0.267. The summed E-state index contributed by atoms with van der Waals surface area (Å²) in [5, 5.41) is 11.3. The lowest BCUT2D eigenvalue weighted by molar-refractivity contribution is -0.122. The zero-order chi connectivity index (χ0) is 19.5. The zero-order valence-electron chi connectivity index (χ0n) is 15.3. The van der Waals surface area contributed by atoms with E-state index in [1.54, 1.807) is 29.7 Å². The van der Waals surface area contributed by atoms with E-state index in [0.717, 1.165) is 27.2 Å². The number of nitrogens with one attached hydrogen (secondary N) is 1. The van der Waals surface area contributed by atoms with Gasteiger partial charge < -0.3 is 5.32 Å². The summed E-state index contributed by atoms with van der Waals surface area (Å²) < 4.78 is 1.19. The van der Waals surface area contributed by atoms with Gasteiger partial charge in [-0.2, -0.15) is 5.10 Å². The molecule has 0 bridgehead atoms. The Labute approximate surface area is 165 Å². The molecule has 28 heavy (non-hydrogen) atoms. The second kappa shape index (κ2) is 7.74. The summed E-state index contributed by atoms with van der Waals surface area (Å²) in [6.07, 6.45) is 1.60. The van der Waals surface area contributed by atoms with Gasteiger partial charge in [-0.05, 0) is 18.6 Å². The highest BCUT2D eigenvalue weighted by atomic mass is 32.1. The zero-order valence-corrected chi connectivity index (χ0v) is 16.1. The van der Waals surface area contributed by atoms with Crippen LogP contribution in [0.1, 0.15) is 10.6 Å². The van der Waals surface area contributed by atoms with Gasteiger partial charge in [-0.1, -0.05) is 42.5 Å². The molecule has 0 radical (unpaired) electrons. The van der Waals surface area contributed by atoms with Crippen molar-refractivity contribution < 1.29 is 4.79 Å². The number of fused-ring (bicyclic) bond motifs is 1. The molecule has 2 aromatic carbocycles. The number of benzene rings is 2. The lowest BCUT2D eigenvalue weighted by atomic mass is 10.1. The van der Waals surface area contributed by atoms with Crippen LogP contribution in [0.5, 0.6) is 0 Å². The molecular formula is C21H18N4O2S. The number of nitrogens with zero attached hydrogens (tertiary/aromatic N) is 3. The van der Waals surface area contributed by atoms with E-state index in [2.05, 4.69) is 15.4 Å². The Kier molecular flexibility index (Phi) is 4.99. The maximum absolute atomic E-state index is 12.4. The minimum Gasteiger partial charge on any atom is -0.350 e. The Morgan fingerprint density at radius 1 is 1.14 bits per heavy atom. The fourth-order valence-corrected chi connectivity index (χ4v) is 3.54. The van der Waals surface area contributed by atoms with Gasteiger partial charge in [0.25, 0.3) is 5.56 Å². The molecule has 0 aliphatic heterocycles. The van der Waals surface area contributed by atoms with Crippen molar-refractivity contribution in [3.8, 4) is 11.3 Å². The minimum absolute atomic E-state index is 0.111. The van der Waals surface area contributed by atoms with Crippen molar-refractivity contribution in [3.05, 3.63) is 81.0 Å². The van der Waals surface area contributed by atoms with Crippen LogP contribution in [0.4, 0.5) is 0 Å². The Morgan fingerprint density at radius 3 is 2.68 bits per heavy atom. The van der Waals surface area contributed by atoms with Gasteiger partial charge in [0.2, 0.25) is 5.91 Å². The van der Waals surface area contributed by atoms with E-state index < -0.39 is 0 Å². The van der Waals surface area contributed by atoms with E-state index >= 15 is 0 Å². The van der Waals surface area contributed by atoms with Crippen molar-refractivity contribution >= 4 is 28.0 Å². The third-order valence-corrected chi connectivity index (χ3v) is 5.19. The maximum Gasteiger partial charge on any atom is 0.275 e. The van der Waals surface area contributed by atoms with Gasteiger partial charge in [-0.15, -0.1) is 11.3 Å². The number of rotatable bonds is 5. The summed E-state index contributed by atoms with van der Waals surface area (Å²) in [6.45, 7) is 2.26. The van der Waals surface area contributed by atoms with Gasteiger partial charge in [0.1, 0.15) is 6.54 Å². The summed E-state index contributed by atoms with van der Waals surface area (Å²) in [6, 6.07) is 15.1. The standard InChI is InChI=1S/C21H18N4O2S/c1-14-24-19(13-28-14)16-8-6-15(7-9-16)10-22-20(26)12-25-21(27)18-5-3-2-4-17(18)11-23-25/h2-9,11,13H,10,12H2,1H3,(H,22,26). The normalized spacial score (nSPS) is 10.9.